The molecular formula is C25H30FN5O6. The summed E-state index contributed by atoms with van der Waals surface area (Å²) in [5, 5.41) is 15.9. The topological polar surface area (TPSA) is 143 Å². The summed E-state index contributed by atoms with van der Waals surface area (Å²) in [5.74, 6) is -3.48. The number of carbonyl (C=O) groups is 3. The molecule has 1 saturated carbocycles. The van der Waals surface area contributed by atoms with Gasteiger partial charge in [-0.2, -0.15) is 0 Å². The van der Waals surface area contributed by atoms with Crippen molar-refractivity contribution in [3.63, 3.8) is 0 Å². The van der Waals surface area contributed by atoms with Crippen molar-refractivity contribution in [2.24, 2.45) is 5.92 Å². The molecule has 0 saturated heterocycles. The molecule has 3 atom stereocenters. The van der Waals surface area contributed by atoms with Crippen molar-refractivity contribution in [2.75, 3.05) is 27.3 Å². The number of aromatic hydroxyl groups is 1. The highest BCUT2D eigenvalue weighted by Gasteiger charge is 2.41. The monoisotopic (exact) mass is 515 g/mol. The van der Waals surface area contributed by atoms with Gasteiger partial charge in [-0.25, -0.2) is 9.37 Å². The molecule has 5 rings (SSSR count). The van der Waals surface area contributed by atoms with E-state index in [4.69, 9.17) is 4.74 Å². The van der Waals surface area contributed by atoms with Crippen molar-refractivity contribution in [3.8, 4) is 5.75 Å². The molecule has 1 aliphatic carbocycles. The van der Waals surface area contributed by atoms with Crippen LogP contribution in [0.4, 0.5) is 4.39 Å². The maximum Gasteiger partial charge on any atom is 0.311 e. The number of likely N-dealkylation sites (N-methyl/N-ethyl adjacent to an activating group) is 1. The zero-order valence-corrected chi connectivity index (χ0v) is 20.7. The number of fused-ring (bicyclic) bond motifs is 2. The van der Waals surface area contributed by atoms with Gasteiger partial charge in [-0.1, -0.05) is 12.1 Å². The lowest BCUT2D eigenvalue weighted by molar-refractivity contribution is -0.145. The quantitative estimate of drug-likeness (QED) is 0.456. The van der Waals surface area contributed by atoms with Gasteiger partial charge < -0.3 is 25.4 Å². The second-order valence-corrected chi connectivity index (χ2v) is 9.48. The highest BCUT2D eigenvalue weighted by molar-refractivity contribution is 6.35. The van der Waals surface area contributed by atoms with Gasteiger partial charge in [0.05, 0.1) is 6.61 Å². The first kappa shape index (κ1) is 26.3. The van der Waals surface area contributed by atoms with Crippen LogP contribution < -0.4 is 16.2 Å². The summed E-state index contributed by atoms with van der Waals surface area (Å²) >= 11 is 0. The lowest BCUT2D eigenvalue weighted by atomic mass is 9.79. The van der Waals surface area contributed by atoms with Crippen LogP contribution in [0.1, 0.15) is 47.1 Å². The van der Waals surface area contributed by atoms with Crippen LogP contribution in [0.25, 0.3) is 0 Å². The molecule has 3 amide bonds. The Morgan fingerprint density at radius 3 is 2.68 bits per heavy atom. The summed E-state index contributed by atoms with van der Waals surface area (Å²) in [6.07, 6.45) is 1.90. The molecule has 0 spiro atoms. The molecule has 11 nitrogen and oxygen atoms in total. The van der Waals surface area contributed by atoms with E-state index >= 15 is 0 Å². The largest absolute Gasteiger partial charge is 0.501 e. The first-order chi connectivity index (χ1) is 17.7. The normalized spacial score (nSPS) is 20.0. The van der Waals surface area contributed by atoms with E-state index in [1.54, 1.807) is 0 Å². The van der Waals surface area contributed by atoms with E-state index in [2.05, 4.69) is 15.6 Å². The predicted octanol–water partition coefficient (Wildman–Crippen LogP) is 0.505. The highest BCUT2D eigenvalue weighted by atomic mass is 19.1. The first-order valence-electron chi connectivity index (χ1n) is 12.1. The second-order valence-electron chi connectivity index (χ2n) is 9.48. The third-order valence-corrected chi connectivity index (χ3v) is 6.98. The summed E-state index contributed by atoms with van der Waals surface area (Å²) in [7, 11) is 3.01. The van der Waals surface area contributed by atoms with Crippen LogP contribution in [0, 0.1) is 11.7 Å². The van der Waals surface area contributed by atoms with Gasteiger partial charge in [-0.05, 0) is 42.9 Å². The maximum atomic E-state index is 13.1. The average Bonchev–Trinajstić information content (AvgIpc) is 3.16. The summed E-state index contributed by atoms with van der Waals surface area (Å²) in [5.41, 5.74) is -0.511. The Morgan fingerprint density at radius 2 is 1.97 bits per heavy atom. The molecule has 0 radical (unpaired) electrons. The third kappa shape index (κ3) is 5.63. The fourth-order valence-corrected chi connectivity index (χ4v) is 4.93. The first-order valence-corrected chi connectivity index (χ1v) is 12.1. The maximum absolute atomic E-state index is 13.1. The summed E-state index contributed by atoms with van der Waals surface area (Å²) < 4.78 is 19.5. The fourth-order valence-electron chi connectivity index (χ4n) is 4.93. The van der Waals surface area contributed by atoms with Gasteiger partial charge in [0.2, 0.25) is 5.75 Å². The molecule has 12 heteroatoms. The van der Waals surface area contributed by atoms with Crippen LogP contribution >= 0.6 is 0 Å². The minimum absolute atomic E-state index is 0.0289. The van der Waals surface area contributed by atoms with Crippen LogP contribution in [0.3, 0.4) is 0 Å². The number of rotatable bonds is 7. The van der Waals surface area contributed by atoms with Gasteiger partial charge in [0.25, 0.3) is 11.5 Å². The third-order valence-electron chi connectivity index (χ3n) is 6.98. The number of hydrogen-bond donors (Lipinski definition) is 3. The molecule has 198 valence electrons. The number of carbonyl (C=O) groups excluding carboxylic acids is 3. The summed E-state index contributed by atoms with van der Waals surface area (Å²) in [6.45, 7) is 0.882. The number of nitrogens with one attached hydrogen (secondary N) is 2. The molecule has 2 aromatic rings. The van der Waals surface area contributed by atoms with Gasteiger partial charge in [-0.15, -0.1) is 0 Å². The number of amides is 3. The molecule has 3 heterocycles. The Kier molecular flexibility index (Phi) is 7.86. The molecule has 3 aliphatic rings. The molecule has 3 unspecified atom stereocenters. The van der Waals surface area contributed by atoms with Gasteiger partial charge in [-0.3, -0.25) is 23.7 Å². The lowest BCUT2D eigenvalue weighted by Gasteiger charge is -2.32. The molecule has 2 aliphatic heterocycles. The van der Waals surface area contributed by atoms with E-state index < -0.39 is 52.5 Å². The van der Waals surface area contributed by atoms with E-state index in [0.717, 1.165) is 6.42 Å². The number of ether oxygens (including phenoxy) is 1. The molecule has 1 fully saturated rings. The molecular weight excluding hydrogens is 485 g/mol. The minimum Gasteiger partial charge on any atom is -0.501 e. The molecule has 1 aromatic heterocycles. The highest BCUT2D eigenvalue weighted by Crippen LogP contribution is 2.39. The van der Waals surface area contributed by atoms with Gasteiger partial charge in [0.1, 0.15) is 11.6 Å². The van der Waals surface area contributed by atoms with Crippen LogP contribution in [0.5, 0.6) is 5.75 Å². The SMILES string of the molecule is COCCN(C)C(=O)C(=O)NC1CC2CCC1c1nc(C(=O)NCc3ccc(F)cc3)c(O)c(=O)n1C2. The van der Waals surface area contributed by atoms with Gasteiger partial charge in [0, 0.05) is 45.8 Å². The van der Waals surface area contributed by atoms with E-state index in [-0.39, 0.29) is 25.6 Å². The Balaban J connectivity index is 1.56. The van der Waals surface area contributed by atoms with Crippen molar-refractivity contribution in [3.05, 3.63) is 57.5 Å². The number of hydrogen-bond acceptors (Lipinski definition) is 7. The van der Waals surface area contributed by atoms with Crippen LogP contribution in [-0.4, -0.2) is 70.6 Å². The second kappa shape index (κ2) is 11.1. The minimum atomic E-state index is -0.763. The van der Waals surface area contributed by atoms with Crippen molar-refractivity contribution < 1.29 is 28.6 Å². The van der Waals surface area contributed by atoms with Gasteiger partial charge in [0.15, 0.2) is 5.69 Å². The molecule has 37 heavy (non-hydrogen) atoms. The smallest absolute Gasteiger partial charge is 0.311 e. The Bertz CT molecular complexity index is 1250. The zero-order valence-electron chi connectivity index (χ0n) is 20.7. The standard InChI is InChI=1S/C25H30FN5O6/c1-30(9-10-37-2)25(36)23(34)28-18-11-15-5-8-17(18)21-29-19(20(32)24(35)31(21)13-15)22(33)27-12-14-3-6-16(26)7-4-14/h3-4,6-7,15,17-18,32H,5,8-13H2,1-2H3,(H,27,33)(H,28,34). The number of halogens is 1. The predicted molar refractivity (Wildman–Crippen MR) is 129 cm³/mol. The number of benzene rings is 1. The van der Waals surface area contributed by atoms with Crippen molar-refractivity contribution >= 4 is 17.7 Å². The average molecular weight is 516 g/mol. The Hall–Kier alpha value is -3.80. The lowest BCUT2D eigenvalue weighted by Crippen LogP contribution is -2.49. The van der Waals surface area contributed by atoms with Crippen molar-refractivity contribution in [1.29, 1.82) is 0 Å². The van der Waals surface area contributed by atoms with Crippen molar-refractivity contribution in [2.45, 2.75) is 44.3 Å². The zero-order chi connectivity index (χ0) is 26.7. The molecule has 2 bridgehead atoms. The van der Waals surface area contributed by atoms with Crippen molar-refractivity contribution in [1.82, 2.24) is 25.1 Å². The van der Waals surface area contributed by atoms with E-state index in [9.17, 15) is 28.7 Å². The van der Waals surface area contributed by atoms with Crippen LogP contribution in [-0.2, 0) is 27.4 Å². The molecule has 1 aromatic carbocycles. The number of aromatic nitrogens is 2. The number of nitrogens with zero attached hydrogens (tertiary/aromatic N) is 3. The fraction of sp³-hybridized carbons (Fsp3) is 0.480. The summed E-state index contributed by atoms with van der Waals surface area (Å²) in [6, 6.07) is 5.07. The molecule has 3 N–H and O–H groups in total. The van der Waals surface area contributed by atoms with E-state index in [0.29, 0.717) is 30.8 Å². The van der Waals surface area contributed by atoms with Gasteiger partial charge >= 0.3 is 11.8 Å². The number of methoxy groups -OCH3 is 1. The Morgan fingerprint density at radius 1 is 1.24 bits per heavy atom. The van der Waals surface area contributed by atoms with Crippen LogP contribution in [0.2, 0.25) is 0 Å². The Labute approximate surface area is 212 Å². The van der Waals surface area contributed by atoms with E-state index in [1.807, 2.05) is 0 Å². The van der Waals surface area contributed by atoms with Crippen LogP contribution in [0.15, 0.2) is 29.1 Å². The summed E-state index contributed by atoms with van der Waals surface area (Å²) in [4.78, 5) is 56.7. The van der Waals surface area contributed by atoms with E-state index in [1.165, 1.54) is 47.9 Å².